The highest BCUT2D eigenvalue weighted by atomic mass is 19.1. The van der Waals surface area contributed by atoms with Crippen LogP contribution in [0.25, 0.3) is 0 Å². The largest absolute Gasteiger partial charge is 0.300 e. The van der Waals surface area contributed by atoms with Crippen molar-refractivity contribution in [2.24, 2.45) is 0 Å². The molecule has 0 spiro atoms. The van der Waals surface area contributed by atoms with Crippen molar-refractivity contribution in [3.05, 3.63) is 12.4 Å². The lowest BCUT2D eigenvalue weighted by Crippen LogP contribution is -2.18. The van der Waals surface area contributed by atoms with E-state index in [1.807, 2.05) is 18.9 Å². The molecule has 0 unspecified atom stereocenters. The van der Waals surface area contributed by atoms with Gasteiger partial charge >= 0.3 is 0 Å². The molecule has 0 fully saturated rings. The average Bonchev–Trinajstić information content (AvgIpc) is 1.65. The van der Waals surface area contributed by atoms with E-state index in [1.165, 1.54) is 0 Å². The van der Waals surface area contributed by atoms with Gasteiger partial charge in [-0.2, -0.15) is 0 Å². The molecule has 0 aromatic carbocycles. The molecule has 0 heterocycles. The van der Waals surface area contributed by atoms with Gasteiger partial charge in [-0.1, -0.05) is 13.5 Å². The number of hydrogen-bond donors (Lipinski definition) is 0. The Kier molecular flexibility index (Phi) is 3.44. The quantitative estimate of drug-likeness (QED) is 0.540. The zero-order valence-corrected chi connectivity index (χ0v) is 5.45. The number of nitrogens with zero attached hydrogens (tertiary/aromatic N) is 1. The minimum absolute atomic E-state index is 0.269. The zero-order chi connectivity index (χ0) is 6.57. The fourth-order valence-corrected chi connectivity index (χ4v) is 0.405. The standard InChI is InChI=1S/C6H12FN/c1-4-8(3)5-6(2)7/h2,4-5H2,1,3H3. The van der Waals surface area contributed by atoms with Crippen LogP contribution in [0.1, 0.15) is 6.92 Å². The Bertz CT molecular complexity index is 80.6. The normalized spacial score (nSPS) is 10.0. The molecule has 1 nitrogen and oxygen atoms in total. The van der Waals surface area contributed by atoms with Gasteiger partial charge in [0.2, 0.25) is 0 Å². The van der Waals surface area contributed by atoms with Gasteiger partial charge < -0.3 is 4.90 Å². The summed E-state index contributed by atoms with van der Waals surface area (Å²) in [5.41, 5.74) is 0. The minimum Gasteiger partial charge on any atom is -0.300 e. The van der Waals surface area contributed by atoms with Gasteiger partial charge in [0.15, 0.2) is 0 Å². The molecular weight excluding hydrogens is 105 g/mol. The molecule has 0 rings (SSSR count). The second kappa shape index (κ2) is 3.61. The van der Waals surface area contributed by atoms with E-state index in [4.69, 9.17) is 0 Å². The smallest absolute Gasteiger partial charge is 0.107 e. The lowest BCUT2D eigenvalue weighted by Gasteiger charge is -2.10. The van der Waals surface area contributed by atoms with Crippen LogP contribution in [-0.2, 0) is 0 Å². The van der Waals surface area contributed by atoms with Crippen molar-refractivity contribution < 1.29 is 4.39 Å². The molecule has 0 aromatic rings. The van der Waals surface area contributed by atoms with Gasteiger partial charge in [0, 0.05) is 6.54 Å². The predicted octanol–water partition coefficient (Wildman–Crippen LogP) is 1.42. The third-order valence-corrected chi connectivity index (χ3v) is 0.981. The maximum atomic E-state index is 11.9. The van der Waals surface area contributed by atoms with E-state index in [2.05, 4.69) is 6.58 Å². The molecule has 8 heavy (non-hydrogen) atoms. The van der Waals surface area contributed by atoms with Crippen molar-refractivity contribution in [2.75, 3.05) is 20.1 Å². The van der Waals surface area contributed by atoms with E-state index in [-0.39, 0.29) is 5.83 Å². The molecule has 0 atom stereocenters. The number of hydrogen-bond acceptors (Lipinski definition) is 1. The summed E-state index contributed by atoms with van der Waals surface area (Å²) in [4.78, 5) is 1.85. The van der Waals surface area contributed by atoms with E-state index in [9.17, 15) is 4.39 Å². The molecule has 0 aliphatic heterocycles. The van der Waals surface area contributed by atoms with Crippen molar-refractivity contribution in [1.29, 1.82) is 0 Å². The van der Waals surface area contributed by atoms with Crippen LogP contribution in [0.5, 0.6) is 0 Å². The monoisotopic (exact) mass is 117 g/mol. The molecule has 0 saturated carbocycles. The average molecular weight is 117 g/mol. The highest BCUT2D eigenvalue weighted by Gasteiger charge is 1.94. The Balaban J connectivity index is 3.24. The zero-order valence-electron chi connectivity index (χ0n) is 5.45. The predicted molar refractivity (Wildman–Crippen MR) is 33.4 cm³/mol. The van der Waals surface area contributed by atoms with E-state index < -0.39 is 0 Å². The van der Waals surface area contributed by atoms with Crippen LogP contribution >= 0.6 is 0 Å². The molecule has 0 amide bonds. The molecule has 48 valence electrons. The van der Waals surface area contributed by atoms with Crippen LogP contribution < -0.4 is 0 Å². The molecule has 0 N–H and O–H groups in total. The first-order valence-corrected chi connectivity index (χ1v) is 2.68. The van der Waals surface area contributed by atoms with Crippen LogP contribution in [0.3, 0.4) is 0 Å². The molecule has 0 radical (unpaired) electrons. The molecule has 0 saturated heterocycles. The Labute approximate surface area is 49.8 Å². The fraction of sp³-hybridized carbons (Fsp3) is 0.667. The molecule has 0 aliphatic rings. The van der Waals surface area contributed by atoms with Crippen molar-refractivity contribution in [1.82, 2.24) is 4.90 Å². The van der Waals surface area contributed by atoms with Crippen LogP contribution in [0.2, 0.25) is 0 Å². The first kappa shape index (κ1) is 7.63. The lowest BCUT2D eigenvalue weighted by atomic mass is 10.5. The number of halogens is 1. The fourth-order valence-electron chi connectivity index (χ4n) is 0.405. The highest BCUT2D eigenvalue weighted by Crippen LogP contribution is 1.92. The van der Waals surface area contributed by atoms with Gasteiger partial charge in [0.1, 0.15) is 5.83 Å². The molecular formula is C6H12FN. The molecule has 0 aliphatic carbocycles. The van der Waals surface area contributed by atoms with Gasteiger partial charge in [0.05, 0.1) is 0 Å². The Morgan fingerprint density at radius 1 is 1.75 bits per heavy atom. The van der Waals surface area contributed by atoms with E-state index >= 15 is 0 Å². The molecule has 2 heteroatoms. The Morgan fingerprint density at radius 3 is 2.38 bits per heavy atom. The van der Waals surface area contributed by atoms with E-state index in [1.54, 1.807) is 0 Å². The summed E-state index contributed by atoms with van der Waals surface area (Å²) in [6.45, 7) is 6.33. The minimum atomic E-state index is -0.269. The van der Waals surface area contributed by atoms with Crippen molar-refractivity contribution in [2.45, 2.75) is 6.92 Å². The Morgan fingerprint density at radius 2 is 2.25 bits per heavy atom. The van der Waals surface area contributed by atoms with Gasteiger partial charge in [-0.05, 0) is 13.6 Å². The van der Waals surface area contributed by atoms with Crippen LogP contribution in [0.15, 0.2) is 12.4 Å². The second-order valence-corrected chi connectivity index (χ2v) is 1.85. The summed E-state index contributed by atoms with van der Waals surface area (Å²) in [5.74, 6) is -0.269. The van der Waals surface area contributed by atoms with E-state index in [0.717, 1.165) is 6.54 Å². The SMILES string of the molecule is C=C(F)CN(C)CC. The van der Waals surface area contributed by atoms with Crippen molar-refractivity contribution in [3.8, 4) is 0 Å². The van der Waals surface area contributed by atoms with E-state index in [0.29, 0.717) is 6.54 Å². The summed E-state index contributed by atoms with van der Waals surface area (Å²) < 4.78 is 11.9. The van der Waals surface area contributed by atoms with Gasteiger partial charge in [0.25, 0.3) is 0 Å². The lowest BCUT2D eigenvalue weighted by molar-refractivity contribution is 0.353. The first-order chi connectivity index (χ1) is 3.66. The maximum absolute atomic E-state index is 11.9. The Hall–Kier alpha value is -0.370. The third kappa shape index (κ3) is 3.81. The second-order valence-electron chi connectivity index (χ2n) is 1.85. The van der Waals surface area contributed by atoms with Crippen LogP contribution in [0, 0.1) is 0 Å². The summed E-state index contributed by atoms with van der Waals surface area (Å²) >= 11 is 0. The van der Waals surface area contributed by atoms with Crippen molar-refractivity contribution in [3.63, 3.8) is 0 Å². The highest BCUT2D eigenvalue weighted by molar-refractivity contribution is 4.82. The van der Waals surface area contributed by atoms with Crippen LogP contribution in [-0.4, -0.2) is 25.0 Å². The van der Waals surface area contributed by atoms with Gasteiger partial charge in [-0.3, -0.25) is 0 Å². The van der Waals surface area contributed by atoms with Gasteiger partial charge in [-0.15, -0.1) is 0 Å². The van der Waals surface area contributed by atoms with Crippen LogP contribution in [0.4, 0.5) is 4.39 Å². The van der Waals surface area contributed by atoms with Gasteiger partial charge in [-0.25, -0.2) is 4.39 Å². The third-order valence-electron chi connectivity index (χ3n) is 0.981. The number of rotatable bonds is 3. The summed E-state index contributed by atoms with van der Waals surface area (Å²) in [7, 11) is 1.85. The first-order valence-electron chi connectivity index (χ1n) is 2.68. The number of likely N-dealkylation sites (N-methyl/N-ethyl adjacent to an activating group) is 1. The summed E-state index contributed by atoms with van der Waals surface area (Å²) in [5, 5.41) is 0. The molecule has 0 bridgehead atoms. The molecule has 0 aromatic heterocycles. The topological polar surface area (TPSA) is 3.24 Å². The van der Waals surface area contributed by atoms with Crippen molar-refractivity contribution >= 4 is 0 Å². The maximum Gasteiger partial charge on any atom is 0.107 e. The summed E-state index contributed by atoms with van der Waals surface area (Å²) in [6.07, 6.45) is 0. The summed E-state index contributed by atoms with van der Waals surface area (Å²) in [6, 6.07) is 0.